The van der Waals surface area contributed by atoms with Gasteiger partial charge in [-0.25, -0.2) is 13.1 Å². The van der Waals surface area contributed by atoms with E-state index in [0.29, 0.717) is 23.3 Å². The second-order valence-corrected chi connectivity index (χ2v) is 6.54. The van der Waals surface area contributed by atoms with Crippen LogP contribution in [0.25, 0.3) is 10.9 Å². The molecule has 0 atom stereocenters. The summed E-state index contributed by atoms with van der Waals surface area (Å²) in [5.41, 5.74) is 0.200. The molecule has 1 aliphatic rings. The number of benzene rings is 1. The molecule has 1 aromatic carbocycles. The molecule has 1 fully saturated rings. The Kier molecular flexibility index (Phi) is 3.64. The van der Waals surface area contributed by atoms with Gasteiger partial charge in [0.05, 0.1) is 29.8 Å². The van der Waals surface area contributed by atoms with E-state index < -0.39 is 16.6 Å². The highest BCUT2D eigenvalue weighted by Gasteiger charge is 2.26. The molecule has 9 heteroatoms. The van der Waals surface area contributed by atoms with E-state index in [2.05, 4.69) is 5.10 Å². The Morgan fingerprint density at radius 3 is 2.62 bits per heavy atom. The van der Waals surface area contributed by atoms with Gasteiger partial charge in [0.25, 0.3) is 0 Å². The average Bonchev–Trinajstić information content (AvgIpc) is 2.91. The molecule has 114 valence electrons. The molecule has 0 N–H and O–H groups in total. The van der Waals surface area contributed by atoms with Crippen LogP contribution in [-0.4, -0.2) is 48.8 Å². The van der Waals surface area contributed by atoms with Gasteiger partial charge in [0.1, 0.15) is 0 Å². The molecule has 0 saturated carbocycles. The predicted octanol–water partition coefficient (Wildman–Crippen LogP) is 1.45. The monoisotopic (exact) mass is 317 g/mol. The molecule has 0 aliphatic carbocycles. The van der Waals surface area contributed by atoms with Crippen molar-refractivity contribution in [3.8, 4) is 0 Å². The van der Waals surface area contributed by atoms with Crippen molar-refractivity contribution >= 4 is 20.9 Å². The molecule has 0 bridgehead atoms. The SMILES string of the molecule is O=S(=O)(c1ccc2c(cnn2C(F)F)c1)N1CCOCC1. The molecule has 0 amide bonds. The van der Waals surface area contributed by atoms with E-state index in [-0.39, 0.29) is 23.5 Å². The van der Waals surface area contributed by atoms with Gasteiger partial charge in [-0.3, -0.25) is 0 Å². The highest BCUT2D eigenvalue weighted by molar-refractivity contribution is 7.89. The zero-order valence-electron chi connectivity index (χ0n) is 10.9. The summed E-state index contributed by atoms with van der Waals surface area (Å²) < 4.78 is 57.4. The summed E-state index contributed by atoms with van der Waals surface area (Å²) in [7, 11) is -3.64. The van der Waals surface area contributed by atoms with E-state index in [1.54, 1.807) is 0 Å². The van der Waals surface area contributed by atoms with Gasteiger partial charge < -0.3 is 4.74 Å². The van der Waals surface area contributed by atoms with Crippen LogP contribution in [0.1, 0.15) is 6.55 Å². The topological polar surface area (TPSA) is 64.4 Å². The van der Waals surface area contributed by atoms with Crippen LogP contribution < -0.4 is 0 Å². The molecule has 21 heavy (non-hydrogen) atoms. The number of hydrogen-bond acceptors (Lipinski definition) is 4. The Hall–Kier alpha value is -1.58. The minimum atomic E-state index is -3.64. The Bertz CT molecular complexity index is 754. The smallest absolute Gasteiger partial charge is 0.333 e. The fraction of sp³-hybridized carbons (Fsp3) is 0.417. The molecular formula is C12H13F2N3O3S. The summed E-state index contributed by atoms with van der Waals surface area (Å²) in [6.45, 7) is -1.48. The number of alkyl halides is 2. The van der Waals surface area contributed by atoms with E-state index in [0.717, 1.165) is 0 Å². The van der Waals surface area contributed by atoms with Crippen molar-refractivity contribution in [2.75, 3.05) is 26.3 Å². The predicted molar refractivity (Wildman–Crippen MR) is 70.6 cm³/mol. The lowest BCUT2D eigenvalue weighted by Crippen LogP contribution is -2.40. The Labute approximate surface area is 120 Å². The van der Waals surface area contributed by atoms with Crippen molar-refractivity contribution in [1.29, 1.82) is 0 Å². The molecule has 1 aliphatic heterocycles. The number of rotatable bonds is 3. The Morgan fingerprint density at radius 1 is 1.24 bits per heavy atom. The van der Waals surface area contributed by atoms with Gasteiger partial charge in [0.15, 0.2) is 0 Å². The van der Waals surface area contributed by atoms with Crippen molar-refractivity contribution < 1.29 is 21.9 Å². The first-order valence-electron chi connectivity index (χ1n) is 6.33. The van der Waals surface area contributed by atoms with Gasteiger partial charge in [0.2, 0.25) is 10.0 Å². The van der Waals surface area contributed by atoms with Crippen LogP contribution in [-0.2, 0) is 14.8 Å². The van der Waals surface area contributed by atoms with Crippen LogP contribution in [0.2, 0.25) is 0 Å². The van der Waals surface area contributed by atoms with Gasteiger partial charge in [-0.2, -0.15) is 18.2 Å². The first-order valence-corrected chi connectivity index (χ1v) is 7.77. The summed E-state index contributed by atoms with van der Waals surface area (Å²) in [6.07, 6.45) is 1.24. The standard InChI is InChI=1S/C12H13F2N3O3S/c13-12(14)17-11-2-1-10(7-9(11)8-15-17)21(18,19)16-3-5-20-6-4-16/h1-2,7-8,12H,3-6H2. The third kappa shape index (κ3) is 2.52. The number of halogens is 2. The van der Waals surface area contributed by atoms with E-state index >= 15 is 0 Å². The van der Waals surface area contributed by atoms with Gasteiger partial charge in [0, 0.05) is 18.5 Å². The highest BCUT2D eigenvalue weighted by Crippen LogP contribution is 2.24. The van der Waals surface area contributed by atoms with E-state index in [1.165, 1.54) is 28.7 Å². The normalized spacial score (nSPS) is 17.7. The first kappa shape index (κ1) is 14.4. The lowest BCUT2D eigenvalue weighted by Gasteiger charge is -2.26. The quantitative estimate of drug-likeness (QED) is 0.859. The molecule has 6 nitrogen and oxygen atoms in total. The van der Waals surface area contributed by atoms with Crippen LogP contribution in [0.15, 0.2) is 29.3 Å². The molecule has 1 saturated heterocycles. The summed E-state index contributed by atoms with van der Waals surface area (Å²) in [6, 6.07) is 4.04. The van der Waals surface area contributed by atoms with Crippen molar-refractivity contribution in [2.24, 2.45) is 0 Å². The zero-order chi connectivity index (χ0) is 15.0. The van der Waals surface area contributed by atoms with Crippen LogP contribution in [0.4, 0.5) is 8.78 Å². The maximum atomic E-state index is 12.7. The van der Waals surface area contributed by atoms with Gasteiger partial charge in [-0.1, -0.05) is 0 Å². The number of fused-ring (bicyclic) bond motifs is 1. The van der Waals surface area contributed by atoms with Crippen molar-refractivity contribution in [3.63, 3.8) is 0 Å². The maximum Gasteiger partial charge on any atom is 0.333 e. The lowest BCUT2D eigenvalue weighted by molar-refractivity contribution is 0.0615. The molecule has 0 unspecified atom stereocenters. The van der Waals surface area contributed by atoms with Crippen LogP contribution in [0, 0.1) is 0 Å². The molecule has 0 radical (unpaired) electrons. The van der Waals surface area contributed by atoms with Crippen LogP contribution >= 0.6 is 0 Å². The summed E-state index contributed by atoms with van der Waals surface area (Å²) in [4.78, 5) is 0.0747. The molecular weight excluding hydrogens is 304 g/mol. The number of aromatic nitrogens is 2. The number of hydrogen-bond donors (Lipinski definition) is 0. The maximum absolute atomic E-state index is 12.7. The summed E-state index contributed by atoms with van der Waals surface area (Å²) in [5, 5.41) is 3.93. The number of nitrogens with zero attached hydrogens (tertiary/aromatic N) is 3. The number of sulfonamides is 1. The fourth-order valence-corrected chi connectivity index (χ4v) is 3.73. The fourth-order valence-electron chi connectivity index (χ4n) is 2.28. The van der Waals surface area contributed by atoms with Crippen molar-refractivity contribution in [2.45, 2.75) is 11.4 Å². The van der Waals surface area contributed by atoms with Gasteiger partial charge >= 0.3 is 6.55 Å². The number of morpholine rings is 1. The second kappa shape index (κ2) is 5.32. The third-order valence-corrected chi connectivity index (χ3v) is 5.25. The minimum Gasteiger partial charge on any atom is -0.379 e. The molecule has 0 spiro atoms. The number of ether oxygens (including phenoxy) is 1. The van der Waals surface area contributed by atoms with E-state index in [4.69, 9.17) is 4.74 Å². The largest absolute Gasteiger partial charge is 0.379 e. The van der Waals surface area contributed by atoms with E-state index in [9.17, 15) is 17.2 Å². The molecule has 2 aromatic rings. The van der Waals surface area contributed by atoms with Gasteiger partial charge in [-0.15, -0.1) is 0 Å². The van der Waals surface area contributed by atoms with Crippen molar-refractivity contribution in [3.05, 3.63) is 24.4 Å². The Balaban J connectivity index is 2.01. The Morgan fingerprint density at radius 2 is 1.95 bits per heavy atom. The van der Waals surface area contributed by atoms with Crippen LogP contribution in [0.3, 0.4) is 0 Å². The lowest BCUT2D eigenvalue weighted by atomic mass is 10.2. The second-order valence-electron chi connectivity index (χ2n) is 4.60. The zero-order valence-corrected chi connectivity index (χ0v) is 11.8. The summed E-state index contributed by atoms with van der Waals surface area (Å²) >= 11 is 0. The van der Waals surface area contributed by atoms with Gasteiger partial charge in [-0.05, 0) is 18.2 Å². The molecule has 2 heterocycles. The minimum absolute atomic E-state index is 0.0747. The average molecular weight is 317 g/mol. The van der Waals surface area contributed by atoms with Crippen LogP contribution in [0.5, 0.6) is 0 Å². The summed E-state index contributed by atoms with van der Waals surface area (Å²) in [5.74, 6) is 0. The van der Waals surface area contributed by atoms with E-state index in [1.807, 2.05) is 0 Å². The third-order valence-electron chi connectivity index (χ3n) is 3.36. The van der Waals surface area contributed by atoms with Crippen molar-refractivity contribution in [1.82, 2.24) is 14.1 Å². The highest BCUT2D eigenvalue weighted by atomic mass is 32.2. The first-order chi connectivity index (χ1) is 10.00. The molecule has 3 rings (SSSR count). The molecule has 1 aromatic heterocycles.